The van der Waals surface area contributed by atoms with E-state index < -0.39 is 0 Å². The first kappa shape index (κ1) is 13.9. The van der Waals surface area contributed by atoms with E-state index in [1.165, 1.54) is 0 Å². The lowest BCUT2D eigenvalue weighted by Crippen LogP contribution is -2.49. The minimum Gasteiger partial charge on any atom is -0.337 e. The van der Waals surface area contributed by atoms with Gasteiger partial charge in [0.2, 0.25) is 5.95 Å². The van der Waals surface area contributed by atoms with E-state index in [2.05, 4.69) is 48.3 Å². The maximum absolute atomic E-state index is 6.24. The van der Waals surface area contributed by atoms with Crippen molar-refractivity contribution in [2.24, 2.45) is 0 Å². The normalized spacial score (nSPS) is 19.4. The van der Waals surface area contributed by atoms with Crippen LogP contribution in [-0.2, 0) is 0 Å². The Morgan fingerprint density at radius 2 is 2.30 bits per heavy atom. The molecule has 1 saturated heterocycles. The van der Waals surface area contributed by atoms with Crippen molar-refractivity contribution >= 4 is 33.5 Å². The highest BCUT2D eigenvalue weighted by Gasteiger charge is 2.20. The monoisotopic (exact) mass is 355 g/mol. The zero-order valence-electron chi connectivity index (χ0n) is 11.0. The first-order valence-electron chi connectivity index (χ1n) is 6.49. The number of piperazine rings is 1. The number of anilines is 1. The molecule has 2 N–H and O–H groups in total. The Balaban J connectivity index is 1.86. The van der Waals surface area contributed by atoms with E-state index >= 15 is 0 Å². The van der Waals surface area contributed by atoms with Crippen molar-refractivity contribution in [3.8, 4) is 11.4 Å². The number of benzene rings is 1. The highest BCUT2D eigenvalue weighted by atomic mass is 79.9. The summed E-state index contributed by atoms with van der Waals surface area (Å²) in [7, 11) is 0. The molecule has 106 valence electrons. The van der Waals surface area contributed by atoms with Crippen LogP contribution in [0.1, 0.15) is 6.92 Å². The largest absolute Gasteiger partial charge is 0.337 e. The van der Waals surface area contributed by atoms with Gasteiger partial charge in [-0.2, -0.15) is 4.98 Å². The molecule has 1 aliphatic rings. The van der Waals surface area contributed by atoms with Crippen LogP contribution in [0.25, 0.3) is 11.4 Å². The second-order valence-corrected chi connectivity index (χ2v) is 6.23. The van der Waals surface area contributed by atoms with Crippen LogP contribution in [-0.4, -0.2) is 40.9 Å². The Kier molecular flexibility index (Phi) is 3.96. The summed E-state index contributed by atoms with van der Waals surface area (Å²) >= 11 is 9.64. The van der Waals surface area contributed by atoms with E-state index in [4.69, 9.17) is 11.6 Å². The van der Waals surface area contributed by atoms with Gasteiger partial charge in [-0.1, -0.05) is 27.5 Å². The third kappa shape index (κ3) is 2.82. The van der Waals surface area contributed by atoms with E-state index in [0.29, 0.717) is 16.9 Å². The van der Waals surface area contributed by atoms with Gasteiger partial charge in [-0.05, 0) is 25.1 Å². The smallest absolute Gasteiger partial charge is 0.245 e. The molecule has 1 aliphatic heterocycles. The summed E-state index contributed by atoms with van der Waals surface area (Å²) in [5.41, 5.74) is 0.858. The molecule has 1 atom stereocenters. The second-order valence-electron chi connectivity index (χ2n) is 4.91. The maximum atomic E-state index is 6.24. The predicted molar refractivity (Wildman–Crippen MR) is 84.2 cm³/mol. The molecular formula is C13H15BrClN5. The van der Waals surface area contributed by atoms with Crippen molar-refractivity contribution in [1.29, 1.82) is 0 Å². The summed E-state index contributed by atoms with van der Waals surface area (Å²) in [6.45, 7) is 4.93. The Labute approximate surface area is 130 Å². The minimum atomic E-state index is 0.446. The zero-order chi connectivity index (χ0) is 14.1. The van der Waals surface area contributed by atoms with Gasteiger partial charge < -0.3 is 10.2 Å². The number of rotatable bonds is 2. The fourth-order valence-corrected chi connectivity index (χ4v) is 3.07. The summed E-state index contributed by atoms with van der Waals surface area (Å²) in [5.74, 6) is 1.43. The van der Waals surface area contributed by atoms with Crippen LogP contribution in [0.5, 0.6) is 0 Å². The molecule has 7 heteroatoms. The molecule has 0 amide bonds. The van der Waals surface area contributed by atoms with Crippen LogP contribution >= 0.6 is 27.5 Å². The van der Waals surface area contributed by atoms with Crippen molar-refractivity contribution in [2.75, 3.05) is 24.5 Å². The summed E-state index contributed by atoms with van der Waals surface area (Å²) in [6.07, 6.45) is 0. The number of aromatic amines is 1. The fraction of sp³-hybridized carbons (Fsp3) is 0.385. The van der Waals surface area contributed by atoms with Gasteiger partial charge in [0.25, 0.3) is 0 Å². The van der Waals surface area contributed by atoms with Crippen LogP contribution < -0.4 is 10.2 Å². The van der Waals surface area contributed by atoms with Crippen LogP contribution in [0.2, 0.25) is 5.02 Å². The van der Waals surface area contributed by atoms with Crippen molar-refractivity contribution in [2.45, 2.75) is 13.0 Å². The number of H-pyrrole nitrogens is 1. The van der Waals surface area contributed by atoms with E-state index in [-0.39, 0.29) is 0 Å². The lowest BCUT2D eigenvalue weighted by molar-refractivity contribution is 0.480. The number of nitrogens with one attached hydrogen (secondary N) is 2. The predicted octanol–water partition coefficient (Wildman–Crippen LogP) is 2.69. The lowest BCUT2D eigenvalue weighted by atomic mass is 10.2. The van der Waals surface area contributed by atoms with E-state index in [1.807, 2.05) is 18.2 Å². The molecule has 0 unspecified atom stereocenters. The number of halogens is 2. The quantitative estimate of drug-likeness (QED) is 0.868. The van der Waals surface area contributed by atoms with Crippen LogP contribution in [0, 0.1) is 0 Å². The summed E-state index contributed by atoms with van der Waals surface area (Å²) in [4.78, 5) is 6.74. The molecule has 5 nitrogen and oxygen atoms in total. The van der Waals surface area contributed by atoms with Gasteiger partial charge in [0.1, 0.15) is 0 Å². The highest BCUT2D eigenvalue weighted by molar-refractivity contribution is 9.10. The molecule has 2 aromatic rings. The molecule has 1 aromatic carbocycles. The number of nitrogens with zero attached hydrogens (tertiary/aromatic N) is 3. The fourth-order valence-electron chi connectivity index (χ4n) is 2.31. The average molecular weight is 357 g/mol. The molecule has 0 saturated carbocycles. The third-order valence-corrected chi connectivity index (χ3v) is 4.12. The molecule has 1 fully saturated rings. The summed E-state index contributed by atoms with van der Waals surface area (Å²) in [6, 6.07) is 6.17. The maximum Gasteiger partial charge on any atom is 0.245 e. The molecular weight excluding hydrogens is 342 g/mol. The van der Waals surface area contributed by atoms with Gasteiger partial charge in [-0.15, -0.1) is 5.10 Å². The summed E-state index contributed by atoms with van der Waals surface area (Å²) in [5, 5.41) is 11.3. The van der Waals surface area contributed by atoms with E-state index in [0.717, 1.165) is 35.6 Å². The Morgan fingerprint density at radius 3 is 3.05 bits per heavy atom. The number of hydrogen-bond donors (Lipinski definition) is 2. The van der Waals surface area contributed by atoms with Crippen LogP contribution in [0.15, 0.2) is 22.7 Å². The molecule has 0 aliphatic carbocycles. The van der Waals surface area contributed by atoms with Crippen molar-refractivity contribution in [1.82, 2.24) is 20.5 Å². The Bertz CT molecular complexity index is 615. The van der Waals surface area contributed by atoms with Crippen molar-refractivity contribution < 1.29 is 0 Å². The van der Waals surface area contributed by atoms with Gasteiger partial charge in [0.15, 0.2) is 5.82 Å². The van der Waals surface area contributed by atoms with Crippen LogP contribution in [0.3, 0.4) is 0 Å². The first-order valence-corrected chi connectivity index (χ1v) is 7.67. The molecule has 0 spiro atoms. The van der Waals surface area contributed by atoms with Gasteiger partial charge in [0, 0.05) is 35.7 Å². The highest BCUT2D eigenvalue weighted by Crippen LogP contribution is 2.29. The molecule has 2 heterocycles. The SMILES string of the molecule is C[C@H]1CN(c2n[nH]c(-c3ccc(Br)cc3Cl)n2)CCN1. The van der Waals surface area contributed by atoms with Gasteiger partial charge in [0.05, 0.1) is 5.02 Å². The number of aromatic nitrogens is 3. The topological polar surface area (TPSA) is 56.8 Å². The molecule has 0 radical (unpaired) electrons. The molecule has 3 rings (SSSR count). The molecule has 1 aromatic heterocycles. The standard InChI is InChI=1S/C13H15BrClN5/c1-8-7-20(5-4-16-8)13-17-12(18-19-13)10-3-2-9(14)6-11(10)15/h2-3,6,8,16H,4-5,7H2,1H3,(H,17,18,19)/t8-/m0/s1. The van der Waals surface area contributed by atoms with Crippen LogP contribution in [0.4, 0.5) is 5.95 Å². The van der Waals surface area contributed by atoms with Gasteiger partial charge >= 0.3 is 0 Å². The lowest BCUT2D eigenvalue weighted by Gasteiger charge is -2.30. The second kappa shape index (κ2) is 5.71. The average Bonchev–Trinajstić information content (AvgIpc) is 2.88. The van der Waals surface area contributed by atoms with Gasteiger partial charge in [-0.3, -0.25) is 5.10 Å². The minimum absolute atomic E-state index is 0.446. The third-order valence-electron chi connectivity index (χ3n) is 3.31. The zero-order valence-corrected chi connectivity index (χ0v) is 13.4. The van der Waals surface area contributed by atoms with E-state index in [1.54, 1.807) is 0 Å². The Hall–Kier alpha value is -1.11. The summed E-state index contributed by atoms with van der Waals surface area (Å²) < 4.78 is 0.946. The first-order chi connectivity index (χ1) is 9.63. The van der Waals surface area contributed by atoms with Crippen molar-refractivity contribution in [3.05, 3.63) is 27.7 Å². The van der Waals surface area contributed by atoms with E-state index in [9.17, 15) is 0 Å². The number of hydrogen-bond acceptors (Lipinski definition) is 4. The Morgan fingerprint density at radius 1 is 1.45 bits per heavy atom. The van der Waals surface area contributed by atoms with Gasteiger partial charge in [-0.25, -0.2) is 0 Å². The molecule has 20 heavy (non-hydrogen) atoms. The van der Waals surface area contributed by atoms with Crippen molar-refractivity contribution in [3.63, 3.8) is 0 Å². The molecule has 0 bridgehead atoms.